The van der Waals surface area contributed by atoms with Gasteiger partial charge < -0.3 is 20.5 Å². The fourth-order valence-electron chi connectivity index (χ4n) is 2.81. The molecule has 0 saturated carbocycles. The van der Waals surface area contributed by atoms with Crippen LogP contribution in [0.25, 0.3) is 0 Å². The van der Waals surface area contributed by atoms with Gasteiger partial charge in [-0.2, -0.15) is 0 Å². The Morgan fingerprint density at radius 1 is 1.03 bits per heavy atom. The van der Waals surface area contributed by atoms with Gasteiger partial charge in [-0.15, -0.1) is 23.1 Å². The lowest BCUT2D eigenvalue weighted by Gasteiger charge is -2.08. The van der Waals surface area contributed by atoms with Crippen molar-refractivity contribution in [2.75, 3.05) is 23.0 Å². The van der Waals surface area contributed by atoms with E-state index in [-0.39, 0.29) is 35.2 Å². The fourth-order valence-corrected chi connectivity index (χ4v) is 4.24. The van der Waals surface area contributed by atoms with Gasteiger partial charge in [-0.1, -0.05) is 12.1 Å². The molecule has 0 unspecified atom stereocenters. The normalized spacial score (nSPS) is 10.4. The van der Waals surface area contributed by atoms with Crippen LogP contribution in [0.1, 0.15) is 33.3 Å². The standard InChI is InChI=1S/C23H21N3O6S2/c1-2-32-20(28)11-15-12-34-23(25-15)26-19(27)13-33-16-9-7-14(8-10-16)24-21(29)17-5-3-4-6-18(17)22(30)31/h3-10,12H,2,11,13H2,1H3,(H,24,29)(H,30,31)(H,25,26,27). The Bertz CT molecular complexity index is 1190. The van der Waals surface area contributed by atoms with E-state index in [1.54, 1.807) is 48.7 Å². The van der Waals surface area contributed by atoms with Crippen molar-refractivity contribution in [2.24, 2.45) is 0 Å². The number of amides is 2. The molecule has 3 rings (SSSR count). The summed E-state index contributed by atoms with van der Waals surface area (Å²) in [6.07, 6.45) is 0.0553. The van der Waals surface area contributed by atoms with Crippen molar-refractivity contribution >= 4 is 57.7 Å². The topological polar surface area (TPSA) is 135 Å². The predicted octanol–water partition coefficient (Wildman–Crippen LogP) is 3.93. The van der Waals surface area contributed by atoms with E-state index in [0.717, 1.165) is 4.90 Å². The Kier molecular flexibility index (Phi) is 8.77. The maximum absolute atomic E-state index is 12.4. The Balaban J connectivity index is 1.49. The number of carbonyl (C=O) groups excluding carboxylic acids is 3. The average molecular weight is 500 g/mol. The number of carboxylic acids is 1. The number of aromatic nitrogens is 1. The molecule has 2 amide bonds. The number of nitrogens with one attached hydrogen (secondary N) is 2. The van der Waals surface area contributed by atoms with Crippen LogP contribution in [0.3, 0.4) is 0 Å². The summed E-state index contributed by atoms with van der Waals surface area (Å²) in [5, 5.41) is 16.7. The second-order valence-corrected chi connectivity index (χ2v) is 8.70. The van der Waals surface area contributed by atoms with Gasteiger partial charge in [-0.3, -0.25) is 14.4 Å². The lowest BCUT2D eigenvalue weighted by molar-refractivity contribution is -0.142. The minimum absolute atomic E-state index is 0.0553. The van der Waals surface area contributed by atoms with Crippen molar-refractivity contribution in [1.82, 2.24) is 4.98 Å². The summed E-state index contributed by atoms with van der Waals surface area (Å²) < 4.78 is 4.88. The van der Waals surface area contributed by atoms with E-state index in [1.165, 1.54) is 35.2 Å². The highest BCUT2D eigenvalue weighted by Gasteiger charge is 2.16. The molecule has 34 heavy (non-hydrogen) atoms. The van der Waals surface area contributed by atoms with Crippen LogP contribution in [0.2, 0.25) is 0 Å². The summed E-state index contributed by atoms with van der Waals surface area (Å²) in [5.41, 5.74) is 1.02. The van der Waals surface area contributed by atoms with Crippen LogP contribution in [0.15, 0.2) is 58.8 Å². The fraction of sp³-hybridized carbons (Fsp3) is 0.174. The molecule has 0 aliphatic rings. The molecule has 0 saturated heterocycles. The van der Waals surface area contributed by atoms with Gasteiger partial charge in [0.2, 0.25) is 5.91 Å². The number of aromatic carboxylic acids is 1. The maximum atomic E-state index is 12.4. The highest BCUT2D eigenvalue weighted by molar-refractivity contribution is 8.00. The molecule has 1 heterocycles. The van der Waals surface area contributed by atoms with Gasteiger partial charge in [0.25, 0.3) is 5.91 Å². The van der Waals surface area contributed by atoms with Crippen molar-refractivity contribution < 1.29 is 29.0 Å². The first-order valence-electron chi connectivity index (χ1n) is 10.1. The molecular weight excluding hydrogens is 478 g/mol. The minimum atomic E-state index is -1.18. The first kappa shape index (κ1) is 24.9. The van der Waals surface area contributed by atoms with E-state index in [1.807, 2.05) is 0 Å². The van der Waals surface area contributed by atoms with E-state index < -0.39 is 11.9 Å². The molecule has 0 bridgehead atoms. The third kappa shape index (κ3) is 7.15. The van der Waals surface area contributed by atoms with E-state index in [2.05, 4.69) is 15.6 Å². The molecule has 1 aromatic heterocycles. The summed E-state index contributed by atoms with van der Waals surface area (Å²) in [6.45, 7) is 2.03. The number of esters is 1. The number of benzene rings is 2. The average Bonchev–Trinajstić information content (AvgIpc) is 3.25. The maximum Gasteiger partial charge on any atom is 0.336 e. The summed E-state index contributed by atoms with van der Waals surface area (Å²) in [7, 11) is 0. The minimum Gasteiger partial charge on any atom is -0.478 e. The highest BCUT2D eigenvalue weighted by atomic mass is 32.2. The van der Waals surface area contributed by atoms with E-state index in [4.69, 9.17) is 4.74 Å². The van der Waals surface area contributed by atoms with Gasteiger partial charge in [0, 0.05) is 16.0 Å². The summed E-state index contributed by atoms with van der Waals surface area (Å²) >= 11 is 2.53. The molecule has 3 aromatic rings. The van der Waals surface area contributed by atoms with Crippen molar-refractivity contribution in [3.05, 3.63) is 70.7 Å². The summed E-state index contributed by atoms with van der Waals surface area (Å²) in [6, 6.07) is 12.8. The molecule has 0 aliphatic carbocycles. The second-order valence-electron chi connectivity index (χ2n) is 6.79. The zero-order valence-electron chi connectivity index (χ0n) is 18.1. The number of nitrogens with zero attached hydrogens (tertiary/aromatic N) is 1. The van der Waals surface area contributed by atoms with Crippen molar-refractivity contribution in [3.8, 4) is 0 Å². The van der Waals surface area contributed by atoms with E-state index in [9.17, 15) is 24.3 Å². The molecule has 3 N–H and O–H groups in total. The van der Waals surface area contributed by atoms with Crippen LogP contribution in [-0.2, 0) is 20.7 Å². The smallest absolute Gasteiger partial charge is 0.336 e. The predicted molar refractivity (Wildman–Crippen MR) is 130 cm³/mol. The van der Waals surface area contributed by atoms with E-state index in [0.29, 0.717) is 23.1 Å². The van der Waals surface area contributed by atoms with E-state index >= 15 is 0 Å². The third-order valence-corrected chi connectivity index (χ3v) is 6.13. The number of thioether (sulfide) groups is 1. The quantitative estimate of drug-likeness (QED) is 0.282. The zero-order chi connectivity index (χ0) is 24.5. The first-order valence-corrected chi connectivity index (χ1v) is 12.0. The Morgan fingerprint density at radius 2 is 1.74 bits per heavy atom. The molecule has 0 radical (unpaired) electrons. The van der Waals surface area contributed by atoms with Gasteiger partial charge >= 0.3 is 11.9 Å². The summed E-state index contributed by atoms with van der Waals surface area (Å²) in [5.74, 6) is -2.17. The van der Waals surface area contributed by atoms with Crippen molar-refractivity contribution in [2.45, 2.75) is 18.2 Å². The SMILES string of the molecule is CCOC(=O)Cc1csc(NC(=O)CSc2ccc(NC(=O)c3ccccc3C(=O)O)cc2)n1. The lowest BCUT2D eigenvalue weighted by Crippen LogP contribution is -2.16. The number of ether oxygens (including phenoxy) is 1. The Hall–Kier alpha value is -3.70. The number of anilines is 2. The second kappa shape index (κ2) is 12.0. The molecule has 0 atom stereocenters. The summed E-state index contributed by atoms with van der Waals surface area (Å²) in [4.78, 5) is 52.5. The van der Waals surface area contributed by atoms with Crippen molar-refractivity contribution in [1.29, 1.82) is 0 Å². The van der Waals surface area contributed by atoms with Crippen LogP contribution < -0.4 is 10.6 Å². The van der Waals surface area contributed by atoms with Gasteiger partial charge in [0.15, 0.2) is 5.13 Å². The number of hydrogen-bond donors (Lipinski definition) is 3. The molecule has 2 aromatic carbocycles. The van der Waals surface area contributed by atoms with Gasteiger partial charge in [-0.25, -0.2) is 9.78 Å². The Morgan fingerprint density at radius 3 is 2.41 bits per heavy atom. The number of hydrogen-bond acceptors (Lipinski definition) is 8. The third-order valence-electron chi connectivity index (χ3n) is 4.31. The number of rotatable bonds is 10. The van der Waals surface area contributed by atoms with Crippen LogP contribution >= 0.6 is 23.1 Å². The molecule has 0 aliphatic heterocycles. The zero-order valence-corrected chi connectivity index (χ0v) is 19.7. The highest BCUT2D eigenvalue weighted by Crippen LogP contribution is 2.22. The van der Waals surface area contributed by atoms with Gasteiger partial charge in [-0.05, 0) is 43.3 Å². The molecule has 0 fully saturated rings. The lowest BCUT2D eigenvalue weighted by atomic mass is 10.1. The molecule has 0 spiro atoms. The van der Waals surface area contributed by atoms with Crippen LogP contribution in [0.4, 0.5) is 10.8 Å². The van der Waals surface area contributed by atoms with Crippen LogP contribution in [0, 0.1) is 0 Å². The van der Waals surface area contributed by atoms with Crippen LogP contribution in [-0.4, -0.2) is 46.2 Å². The van der Waals surface area contributed by atoms with Crippen LogP contribution in [0.5, 0.6) is 0 Å². The monoisotopic (exact) mass is 499 g/mol. The van der Waals surface area contributed by atoms with Gasteiger partial charge in [0.05, 0.1) is 35.6 Å². The number of carbonyl (C=O) groups is 4. The van der Waals surface area contributed by atoms with Crippen molar-refractivity contribution in [3.63, 3.8) is 0 Å². The first-order chi connectivity index (χ1) is 16.4. The number of thiazole rings is 1. The molecule has 176 valence electrons. The molecule has 11 heteroatoms. The van der Waals surface area contributed by atoms with Gasteiger partial charge in [0.1, 0.15) is 0 Å². The number of carboxylic acid groups (broad SMARTS) is 1. The molecule has 9 nitrogen and oxygen atoms in total. The largest absolute Gasteiger partial charge is 0.478 e. The molecular formula is C23H21N3O6S2. The Labute approximate surface area is 203 Å².